The lowest BCUT2D eigenvalue weighted by Crippen LogP contribution is -2.34. The van der Waals surface area contributed by atoms with Gasteiger partial charge in [0.25, 0.3) is 0 Å². The van der Waals surface area contributed by atoms with Gasteiger partial charge in [0, 0.05) is 17.2 Å². The van der Waals surface area contributed by atoms with Crippen molar-refractivity contribution >= 4 is 10.8 Å². The van der Waals surface area contributed by atoms with Crippen LogP contribution in [-0.4, -0.2) is 22.7 Å². The number of benzene rings is 1. The van der Waals surface area contributed by atoms with Crippen LogP contribution in [0.3, 0.4) is 0 Å². The van der Waals surface area contributed by atoms with Crippen molar-refractivity contribution in [2.75, 3.05) is 12.3 Å². The second-order valence-corrected chi connectivity index (χ2v) is 5.30. The number of hydrogen-bond donors (Lipinski definition) is 1. The number of rotatable bonds is 4. The predicted octanol–water partition coefficient (Wildman–Crippen LogP) is 2.24. The van der Waals surface area contributed by atoms with Crippen LogP contribution in [0.1, 0.15) is 5.56 Å². The summed E-state index contributed by atoms with van der Waals surface area (Å²) in [5, 5.41) is 0. The Morgan fingerprint density at radius 2 is 1.82 bits per heavy atom. The lowest BCUT2D eigenvalue weighted by Gasteiger charge is -2.17. The van der Waals surface area contributed by atoms with E-state index in [-0.39, 0.29) is 0 Å². The summed E-state index contributed by atoms with van der Waals surface area (Å²) < 4.78 is 49.1. The molecule has 0 spiro atoms. The maximum atomic E-state index is 12.4. The van der Waals surface area contributed by atoms with E-state index in [2.05, 4.69) is 0 Å². The number of hydrogen-bond acceptors (Lipinski definition) is 2. The minimum Gasteiger partial charge on any atom is -0.330 e. The first-order valence-electron chi connectivity index (χ1n) is 5.06. The average molecular weight is 265 g/mol. The highest BCUT2D eigenvalue weighted by Gasteiger charge is 2.39. The van der Waals surface area contributed by atoms with Crippen molar-refractivity contribution in [3.63, 3.8) is 0 Å². The number of halogens is 3. The topological polar surface area (TPSA) is 43.1 Å². The van der Waals surface area contributed by atoms with Gasteiger partial charge in [0.1, 0.15) is 0 Å². The summed E-state index contributed by atoms with van der Waals surface area (Å²) in [6.45, 7) is 1.31. The van der Waals surface area contributed by atoms with Crippen LogP contribution in [0.25, 0.3) is 0 Å². The standard InChI is InChI=1S/C11H14F3NOS/c1-8-2-4-10(5-3-8)17(16)7-9(6-15)11(12,13)14/h2-5,9H,6-7,15H2,1H3. The Labute approximate surface area is 100 Å². The van der Waals surface area contributed by atoms with E-state index in [4.69, 9.17) is 5.73 Å². The Balaban J connectivity index is 2.75. The van der Waals surface area contributed by atoms with Gasteiger partial charge in [-0.3, -0.25) is 4.21 Å². The third-order valence-electron chi connectivity index (χ3n) is 2.38. The van der Waals surface area contributed by atoms with E-state index in [1.165, 1.54) is 0 Å². The summed E-state index contributed by atoms with van der Waals surface area (Å²) in [6, 6.07) is 6.60. The summed E-state index contributed by atoms with van der Waals surface area (Å²) in [6.07, 6.45) is -4.39. The monoisotopic (exact) mass is 265 g/mol. The van der Waals surface area contributed by atoms with Crippen LogP contribution in [0.4, 0.5) is 13.2 Å². The van der Waals surface area contributed by atoms with Crippen LogP contribution in [0.15, 0.2) is 29.2 Å². The van der Waals surface area contributed by atoms with Gasteiger partial charge in [-0.05, 0) is 19.1 Å². The van der Waals surface area contributed by atoms with Gasteiger partial charge in [0.05, 0.1) is 16.7 Å². The molecule has 2 nitrogen and oxygen atoms in total. The molecule has 0 saturated heterocycles. The second kappa shape index (κ2) is 5.64. The SMILES string of the molecule is Cc1ccc(S(=O)CC(CN)C(F)(F)F)cc1. The first-order chi connectivity index (χ1) is 7.84. The zero-order chi connectivity index (χ0) is 13.1. The van der Waals surface area contributed by atoms with Gasteiger partial charge in [-0.2, -0.15) is 13.2 Å². The van der Waals surface area contributed by atoms with Gasteiger partial charge in [-0.25, -0.2) is 0 Å². The summed E-state index contributed by atoms with van der Waals surface area (Å²) in [7, 11) is -1.67. The first-order valence-corrected chi connectivity index (χ1v) is 6.38. The molecule has 1 aromatic rings. The first kappa shape index (κ1) is 14.2. The fourth-order valence-corrected chi connectivity index (χ4v) is 2.59. The van der Waals surface area contributed by atoms with E-state index in [0.717, 1.165) is 5.56 Å². The quantitative estimate of drug-likeness (QED) is 0.907. The molecule has 1 aromatic carbocycles. The van der Waals surface area contributed by atoms with Gasteiger partial charge < -0.3 is 5.73 Å². The van der Waals surface area contributed by atoms with E-state index in [0.29, 0.717) is 4.90 Å². The van der Waals surface area contributed by atoms with Crippen molar-refractivity contribution < 1.29 is 17.4 Å². The summed E-state index contributed by atoms with van der Waals surface area (Å²) in [5.74, 6) is -2.20. The van der Waals surface area contributed by atoms with E-state index in [9.17, 15) is 17.4 Å². The van der Waals surface area contributed by atoms with E-state index >= 15 is 0 Å². The maximum Gasteiger partial charge on any atom is 0.393 e. The molecular formula is C11H14F3NOS. The Morgan fingerprint density at radius 3 is 2.24 bits per heavy atom. The molecule has 0 heterocycles. The Kier molecular flexibility index (Phi) is 4.70. The normalized spacial score (nSPS) is 15.6. The summed E-state index contributed by atoms with van der Waals surface area (Å²) >= 11 is 0. The molecule has 0 bridgehead atoms. The summed E-state index contributed by atoms with van der Waals surface area (Å²) in [4.78, 5) is 0.401. The molecule has 0 aromatic heterocycles. The zero-order valence-corrected chi connectivity index (χ0v) is 10.1. The van der Waals surface area contributed by atoms with Crippen molar-refractivity contribution in [1.29, 1.82) is 0 Å². The van der Waals surface area contributed by atoms with Crippen molar-refractivity contribution in [3.8, 4) is 0 Å². The zero-order valence-electron chi connectivity index (χ0n) is 9.33. The number of nitrogens with two attached hydrogens (primary N) is 1. The minimum atomic E-state index is -4.39. The Hall–Kier alpha value is -0.880. The fraction of sp³-hybridized carbons (Fsp3) is 0.455. The molecular weight excluding hydrogens is 251 g/mol. The van der Waals surface area contributed by atoms with Gasteiger partial charge in [0.15, 0.2) is 0 Å². The van der Waals surface area contributed by atoms with Crippen LogP contribution < -0.4 is 5.73 Å². The molecule has 2 atom stereocenters. The van der Waals surface area contributed by atoms with Crippen molar-refractivity contribution in [1.82, 2.24) is 0 Å². The molecule has 0 fully saturated rings. The lowest BCUT2D eigenvalue weighted by atomic mass is 10.2. The molecule has 0 saturated carbocycles. The smallest absolute Gasteiger partial charge is 0.330 e. The molecule has 2 N–H and O–H groups in total. The second-order valence-electron chi connectivity index (χ2n) is 3.80. The fourth-order valence-electron chi connectivity index (χ4n) is 1.27. The molecule has 0 amide bonds. The Bertz CT molecular complexity index is 389. The molecule has 17 heavy (non-hydrogen) atoms. The highest BCUT2D eigenvalue weighted by Crippen LogP contribution is 2.27. The molecule has 0 aliphatic heterocycles. The van der Waals surface area contributed by atoms with Crippen LogP contribution in [0, 0.1) is 12.8 Å². The molecule has 96 valence electrons. The van der Waals surface area contributed by atoms with Gasteiger partial charge in [-0.1, -0.05) is 17.7 Å². The molecule has 0 radical (unpaired) electrons. The van der Waals surface area contributed by atoms with Gasteiger partial charge >= 0.3 is 6.18 Å². The van der Waals surface area contributed by atoms with Crippen molar-refractivity contribution in [3.05, 3.63) is 29.8 Å². The predicted molar refractivity (Wildman–Crippen MR) is 61.1 cm³/mol. The van der Waals surface area contributed by atoms with Crippen LogP contribution >= 0.6 is 0 Å². The molecule has 6 heteroatoms. The van der Waals surface area contributed by atoms with Crippen LogP contribution in [-0.2, 0) is 10.8 Å². The number of aryl methyl sites for hydroxylation is 1. The van der Waals surface area contributed by atoms with Gasteiger partial charge in [-0.15, -0.1) is 0 Å². The van der Waals surface area contributed by atoms with Crippen LogP contribution in [0.2, 0.25) is 0 Å². The Morgan fingerprint density at radius 1 is 1.29 bits per heavy atom. The number of alkyl halides is 3. The van der Waals surface area contributed by atoms with Crippen molar-refractivity contribution in [2.24, 2.45) is 11.7 Å². The third kappa shape index (κ3) is 4.12. The maximum absolute atomic E-state index is 12.4. The van der Waals surface area contributed by atoms with Crippen LogP contribution in [0.5, 0.6) is 0 Å². The molecule has 1 rings (SSSR count). The van der Waals surface area contributed by atoms with Gasteiger partial charge in [0.2, 0.25) is 0 Å². The van der Waals surface area contributed by atoms with Crippen molar-refractivity contribution in [2.45, 2.75) is 18.0 Å². The van der Waals surface area contributed by atoms with E-state index < -0.39 is 35.2 Å². The largest absolute Gasteiger partial charge is 0.393 e. The molecule has 0 aliphatic carbocycles. The summed E-state index contributed by atoms with van der Waals surface area (Å²) in [5.41, 5.74) is 6.02. The molecule has 0 aliphatic rings. The third-order valence-corrected chi connectivity index (χ3v) is 3.89. The van der Waals surface area contributed by atoms with E-state index in [1.54, 1.807) is 24.3 Å². The lowest BCUT2D eigenvalue weighted by molar-refractivity contribution is -0.165. The highest BCUT2D eigenvalue weighted by molar-refractivity contribution is 7.85. The minimum absolute atomic E-state index is 0.401. The van der Waals surface area contributed by atoms with E-state index in [1.807, 2.05) is 6.92 Å². The average Bonchev–Trinajstić information content (AvgIpc) is 2.24. The molecule has 2 unspecified atom stereocenters. The highest BCUT2D eigenvalue weighted by atomic mass is 32.2.